The topological polar surface area (TPSA) is 105 Å². The number of halogens is 3. The number of hydrogen-bond acceptors (Lipinski definition) is 5. The summed E-state index contributed by atoms with van der Waals surface area (Å²) in [5.41, 5.74) is 0.406. The summed E-state index contributed by atoms with van der Waals surface area (Å²) in [7, 11) is 0. The van der Waals surface area contributed by atoms with Gasteiger partial charge in [-0.2, -0.15) is 18.2 Å². The average molecular weight is 369 g/mol. The second-order valence-electron chi connectivity index (χ2n) is 6.04. The SMILES string of the molecule is O=C(NC(CC1CC1)C(=O)O)c1ccc(-c2noc(C(F)(F)F)n2)cc1. The number of benzene rings is 1. The van der Waals surface area contributed by atoms with Gasteiger partial charge < -0.3 is 14.9 Å². The number of nitrogens with one attached hydrogen (secondary N) is 1. The number of amides is 1. The van der Waals surface area contributed by atoms with Crippen LogP contribution in [0.3, 0.4) is 0 Å². The van der Waals surface area contributed by atoms with Crippen molar-refractivity contribution in [2.45, 2.75) is 31.5 Å². The fraction of sp³-hybridized carbons (Fsp3) is 0.375. The minimum absolute atomic E-state index is 0.176. The molecular formula is C16H14F3N3O4. The summed E-state index contributed by atoms with van der Waals surface area (Å²) in [5.74, 6) is -3.08. The summed E-state index contributed by atoms with van der Waals surface area (Å²) in [6.45, 7) is 0. The Bertz CT molecular complexity index is 813. The van der Waals surface area contributed by atoms with Crippen LogP contribution in [0, 0.1) is 5.92 Å². The van der Waals surface area contributed by atoms with Crippen molar-refractivity contribution in [1.82, 2.24) is 15.5 Å². The van der Waals surface area contributed by atoms with Gasteiger partial charge in [0.1, 0.15) is 6.04 Å². The molecule has 2 aromatic rings. The van der Waals surface area contributed by atoms with Gasteiger partial charge in [-0.25, -0.2) is 4.79 Å². The zero-order valence-corrected chi connectivity index (χ0v) is 13.3. The van der Waals surface area contributed by atoms with Gasteiger partial charge >= 0.3 is 18.0 Å². The quantitative estimate of drug-likeness (QED) is 0.811. The van der Waals surface area contributed by atoms with E-state index < -0.39 is 30.0 Å². The molecule has 1 aromatic heterocycles. The minimum atomic E-state index is -4.74. The van der Waals surface area contributed by atoms with Crippen LogP contribution in [0.4, 0.5) is 13.2 Å². The number of hydrogen-bond donors (Lipinski definition) is 2. The number of carbonyl (C=O) groups excluding carboxylic acids is 1. The first-order valence-corrected chi connectivity index (χ1v) is 7.79. The Morgan fingerprint density at radius 3 is 2.42 bits per heavy atom. The van der Waals surface area contributed by atoms with E-state index >= 15 is 0 Å². The molecule has 1 aliphatic carbocycles. The maximum absolute atomic E-state index is 12.5. The van der Waals surface area contributed by atoms with Crippen molar-refractivity contribution in [1.29, 1.82) is 0 Å². The van der Waals surface area contributed by atoms with Crippen molar-refractivity contribution < 1.29 is 32.4 Å². The van der Waals surface area contributed by atoms with E-state index in [1.165, 1.54) is 24.3 Å². The Kier molecular flexibility index (Phi) is 4.66. The van der Waals surface area contributed by atoms with Crippen LogP contribution in [0.25, 0.3) is 11.4 Å². The summed E-state index contributed by atoms with van der Waals surface area (Å²) >= 11 is 0. The summed E-state index contributed by atoms with van der Waals surface area (Å²) < 4.78 is 41.6. The number of carbonyl (C=O) groups is 2. The van der Waals surface area contributed by atoms with E-state index in [-0.39, 0.29) is 17.0 Å². The minimum Gasteiger partial charge on any atom is -0.480 e. The van der Waals surface area contributed by atoms with Gasteiger partial charge in [0.2, 0.25) is 5.82 Å². The molecular weight excluding hydrogens is 355 g/mol. The Balaban J connectivity index is 1.69. The molecule has 1 atom stereocenters. The van der Waals surface area contributed by atoms with E-state index in [1.807, 2.05) is 0 Å². The number of aromatic nitrogens is 2. The van der Waals surface area contributed by atoms with Crippen LogP contribution in [0.2, 0.25) is 0 Å². The Hall–Kier alpha value is -2.91. The number of rotatable bonds is 6. The highest BCUT2D eigenvalue weighted by molar-refractivity contribution is 5.96. The molecule has 1 amide bonds. The molecule has 1 heterocycles. The molecule has 0 aliphatic heterocycles. The van der Waals surface area contributed by atoms with E-state index in [0.29, 0.717) is 12.3 Å². The zero-order chi connectivity index (χ0) is 18.9. The molecule has 3 rings (SSSR count). The lowest BCUT2D eigenvalue weighted by atomic mass is 10.1. The first kappa shape index (κ1) is 17.9. The van der Waals surface area contributed by atoms with Crippen LogP contribution in [0.5, 0.6) is 0 Å². The molecule has 0 bridgehead atoms. The first-order chi connectivity index (χ1) is 12.2. The lowest BCUT2D eigenvalue weighted by Crippen LogP contribution is -2.41. The molecule has 0 spiro atoms. The number of carboxylic acid groups (broad SMARTS) is 1. The van der Waals surface area contributed by atoms with Gasteiger partial charge in [0, 0.05) is 11.1 Å². The van der Waals surface area contributed by atoms with Crippen LogP contribution in [0.15, 0.2) is 28.8 Å². The van der Waals surface area contributed by atoms with Gasteiger partial charge in [-0.15, -0.1) is 0 Å². The lowest BCUT2D eigenvalue weighted by molar-refractivity contribution is -0.159. The van der Waals surface area contributed by atoms with Crippen LogP contribution < -0.4 is 5.32 Å². The smallest absolute Gasteiger partial charge is 0.471 e. The number of carboxylic acids is 1. The maximum Gasteiger partial charge on any atom is 0.471 e. The predicted octanol–water partition coefficient (Wildman–Crippen LogP) is 2.74. The molecule has 1 unspecified atom stereocenters. The number of alkyl halides is 3. The molecule has 0 saturated heterocycles. The molecule has 2 N–H and O–H groups in total. The first-order valence-electron chi connectivity index (χ1n) is 7.79. The van der Waals surface area contributed by atoms with E-state index in [1.54, 1.807) is 0 Å². The van der Waals surface area contributed by atoms with Crippen LogP contribution in [0.1, 0.15) is 35.5 Å². The second kappa shape index (κ2) is 6.77. The van der Waals surface area contributed by atoms with Gasteiger partial charge in [-0.05, 0) is 24.5 Å². The maximum atomic E-state index is 12.5. The third-order valence-corrected chi connectivity index (χ3v) is 3.94. The third kappa shape index (κ3) is 4.19. The zero-order valence-electron chi connectivity index (χ0n) is 13.3. The Morgan fingerprint density at radius 2 is 1.92 bits per heavy atom. The number of nitrogens with zero attached hydrogens (tertiary/aromatic N) is 2. The lowest BCUT2D eigenvalue weighted by Gasteiger charge is -2.14. The van der Waals surface area contributed by atoms with Gasteiger partial charge in [0.15, 0.2) is 0 Å². The van der Waals surface area contributed by atoms with Crippen LogP contribution in [-0.2, 0) is 11.0 Å². The van der Waals surface area contributed by atoms with Gasteiger partial charge in [0.05, 0.1) is 0 Å². The van der Waals surface area contributed by atoms with E-state index in [0.717, 1.165) is 12.8 Å². The Labute approximate surface area is 145 Å². The van der Waals surface area contributed by atoms with Crippen molar-refractivity contribution in [3.63, 3.8) is 0 Å². The van der Waals surface area contributed by atoms with Crippen molar-refractivity contribution >= 4 is 11.9 Å². The molecule has 1 aromatic carbocycles. The van der Waals surface area contributed by atoms with Gasteiger partial charge in [-0.3, -0.25) is 4.79 Å². The third-order valence-electron chi connectivity index (χ3n) is 3.94. The molecule has 1 saturated carbocycles. The van der Waals surface area contributed by atoms with Gasteiger partial charge in [0.25, 0.3) is 5.91 Å². The van der Waals surface area contributed by atoms with Crippen LogP contribution >= 0.6 is 0 Å². The average Bonchev–Trinajstić information content (AvgIpc) is 3.24. The normalized spacial score (nSPS) is 15.5. The molecule has 26 heavy (non-hydrogen) atoms. The van der Waals surface area contributed by atoms with Crippen molar-refractivity contribution in [3.05, 3.63) is 35.7 Å². The molecule has 1 fully saturated rings. The van der Waals surface area contributed by atoms with Crippen molar-refractivity contribution in [2.75, 3.05) is 0 Å². The summed E-state index contributed by atoms with van der Waals surface area (Å²) in [4.78, 5) is 26.6. The standard InChI is InChI=1S/C16H14F3N3O4/c17-16(18,19)15-21-12(22-26-15)9-3-5-10(6-4-9)13(23)20-11(14(24)25)7-8-1-2-8/h3-6,8,11H,1-2,7H2,(H,20,23)(H,24,25). The monoisotopic (exact) mass is 369 g/mol. The number of aliphatic carboxylic acids is 1. The largest absolute Gasteiger partial charge is 0.480 e. The molecule has 10 heteroatoms. The highest BCUT2D eigenvalue weighted by atomic mass is 19.4. The fourth-order valence-corrected chi connectivity index (χ4v) is 2.38. The van der Waals surface area contributed by atoms with E-state index in [2.05, 4.69) is 20.0 Å². The highest BCUT2D eigenvalue weighted by Gasteiger charge is 2.38. The van der Waals surface area contributed by atoms with E-state index in [9.17, 15) is 27.9 Å². The predicted molar refractivity (Wildman–Crippen MR) is 81.0 cm³/mol. The molecule has 138 valence electrons. The molecule has 0 radical (unpaired) electrons. The Morgan fingerprint density at radius 1 is 1.27 bits per heavy atom. The highest BCUT2D eigenvalue weighted by Crippen LogP contribution is 2.33. The summed E-state index contributed by atoms with van der Waals surface area (Å²) in [6.07, 6.45) is -2.45. The van der Waals surface area contributed by atoms with Gasteiger partial charge in [-0.1, -0.05) is 30.1 Å². The summed E-state index contributed by atoms with van der Waals surface area (Å²) in [6, 6.07) is 4.45. The van der Waals surface area contributed by atoms with E-state index in [4.69, 9.17) is 0 Å². The second-order valence-corrected chi connectivity index (χ2v) is 6.04. The fourth-order valence-electron chi connectivity index (χ4n) is 2.38. The van der Waals surface area contributed by atoms with Crippen LogP contribution in [-0.4, -0.2) is 33.2 Å². The van der Waals surface area contributed by atoms with Crippen molar-refractivity contribution in [3.8, 4) is 11.4 Å². The summed E-state index contributed by atoms with van der Waals surface area (Å²) in [5, 5.41) is 14.9. The molecule has 7 nitrogen and oxygen atoms in total. The molecule has 1 aliphatic rings. The van der Waals surface area contributed by atoms with Crippen molar-refractivity contribution in [2.24, 2.45) is 5.92 Å².